The molecular weight excluding hydrogens is 297 g/mol. The molecule has 1 rings (SSSR count). The molecule has 0 aliphatic rings. The number of benzene rings is 1. The maximum atomic E-state index is 10.5. The molecule has 0 aromatic heterocycles. The summed E-state index contributed by atoms with van der Waals surface area (Å²) in [5.41, 5.74) is 0.586. The van der Waals surface area contributed by atoms with Crippen LogP contribution in [0.15, 0.2) is 16.6 Å². The lowest BCUT2D eigenvalue weighted by Gasteiger charge is -2.15. The standard InChI is InChI=1S/C10H11BrClNO3/c1-13(5-9(14)15)4-6-2-7(12)3-8(11)10(6)16/h2-3,16H,4-5H2,1H3,(H,14,15). The van der Waals surface area contributed by atoms with Gasteiger partial charge in [-0.2, -0.15) is 0 Å². The molecule has 0 saturated carbocycles. The van der Waals surface area contributed by atoms with Gasteiger partial charge in [0.05, 0.1) is 11.0 Å². The summed E-state index contributed by atoms with van der Waals surface area (Å²) in [6.45, 7) is 0.223. The molecule has 0 radical (unpaired) electrons. The Morgan fingerprint density at radius 3 is 2.75 bits per heavy atom. The summed E-state index contributed by atoms with van der Waals surface area (Å²) in [4.78, 5) is 12.0. The quantitative estimate of drug-likeness (QED) is 0.896. The van der Waals surface area contributed by atoms with E-state index in [1.54, 1.807) is 24.1 Å². The predicted octanol–water partition coefficient (Wildman–Crippen LogP) is 2.32. The number of carbonyl (C=O) groups is 1. The minimum Gasteiger partial charge on any atom is -0.506 e. The molecule has 0 aliphatic carbocycles. The molecular formula is C10H11BrClNO3. The van der Waals surface area contributed by atoms with E-state index < -0.39 is 5.97 Å². The highest BCUT2D eigenvalue weighted by atomic mass is 79.9. The van der Waals surface area contributed by atoms with E-state index in [-0.39, 0.29) is 12.3 Å². The topological polar surface area (TPSA) is 60.8 Å². The highest BCUT2D eigenvalue weighted by molar-refractivity contribution is 9.10. The molecule has 0 heterocycles. The Labute approximate surface area is 107 Å². The van der Waals surface area contributed by atoms with Crippen LogP contribution >= 0.6 is 27.5 Å². The van der Waals surface area contributed by atoms with Gasteiger partial charge in [-0.3, -0.25) is 9.69 Å². The third kappa shape index (κ3) is 3.66. The number of phenolic OH excluding ortho intramolecular Hbond substituents is 1. The summed E-state index contributed by atoms with van der Waals surface area (Å²) in [6, 6.07) is 3.19. The van der Waals surface area contributed by atoms with Crippen molar-refractivity contribution in [3.8, 4) is 5.75 Å². The first kappa shape index (κ1) is 13.3. The highest BCUT2D eigenvalue weighted by Gasteiger charge is 2.11. The van der Waals surface area contributed by atoms with Gasteiger partial charge in [0.25, 0.3) is 0 Å². The van der Waals surface area contributed by atoms with Crippen LogP contribution in [0, 0.1) is 0 Å². The molecule has 0 atom stereocenters. The minimum absolute atomic E-state index is 0.0849. The van der Waals surface area contributed by atoms with E-state index >= 15 is 0 Å². The van der Waals surface area contributed by atoms with Gasteiger partial charge in [0.15, 0.2) is 0 Å². The van der Waals surface area contributed by atoms with Crippen LogP contribution in [0.25, 0.3) is 0 Å². The molecule has 0 aliphatic heterocycles. The van der Waals surface area contributed by atoms with Gasteiger partial charge in [0.2, 0.25) is 0 Å². The zero-order valence-corrected chi connectivity index (χ0v) is 10.9. The second kappa shape index (κ2) is 5.52. The first-order valence-electron chi connectivity index (χ1n) is 4.47. The number of aliphatic carboxylic acids is 1. The van der Waals surface area contributed by atoms with Crippen molar-refractivity contribution in [2.24, 2.45) is 0 Å². The number of hydrogen-bond acceptors (Lipinski definition) is 3. The zero-order chi connectivity index (χ0) is 12.3. The fourth-order valence-electron chi connectivity index (χ4n) is 1.32. The fourth-order valence-corrected chi connectivity index (χ4v) is 2.19. The zero-order valence-electron chi connectivity index (χ0n) is 8.57. The van der Waals surface area contributed by atoms with Crippen molar-refractivity contribution in [2.45, 2.75) is 6.54 Å². The lowest BCUT2D eigenvalue weighted by Crippen LogP contribution is -2.25. The van der Waals surface area contributed by atoms with Crippen molar-refractivity contribution in [2.75, 3.05) is 13.6 Å². The van der Waals surface area contributed by atoms with E-state index in [0.717, 1.165) is 0 Å². The van der Waals surface area contributed by atoms with Crippen LogP contribution in [0.3, 0.4) is 0 Å². The van der Waals surface area contributed by atoms with Crippen molar-refractivity contribution < 1.29 is 15.0 Å². The summed E-state index contributed by atoms with van der Waals surface area (Å²) in [7, 11) is 1.66. The molecule has 0 amide bonds. The number of carboxylic acid groups (broad SMARTS) is 1. The summed E-state index contributed by atoms with van der Waals surface area (Å²) in [5.74, 6) is -0.829. The molecule has 0 fully saturated rings. The SMILES string of the molecule is CN(CC(=O)O)Cc1cc(Cl)cc(Br)c1O. The first-order valence-corrected chi connectivity index (χ1v) is 5.64. The summed E-state index contributed by atoms with van der Waals surface area (Å²) in [5, 5.41) is 18.8. The number of nitrogens with zero attached hydrogens (tertiary/aromatic N) is 1. The first-order chi connectivity index (χ1) is 7.40. The number of halogens is 2. The molecule has 2 N–H and O–H groups in total. The lowest BCUT2D eigenvalue weighted by atomic mass is 10.2. The maximum Gasteiger partial charge on any atom is 0.317 e. The number of carboxylic acids is 1. The lowest BCUT2D eigenvalue weighted by molar-refractivity contribution is -0.138. The van der Waals surface area contributed by atoms with E-state index in [1.807, 2.05) is 0 Å². The Balaban J connectivity index is 2.84. The number of likely N-dealkylation sites (N-methyl/N-ethyl adjacent to an activating group) is 1. The number of aromatic hydroxyl groups is 1. The molecule has 1 aromatic carbocycles. The Kier molecular flexibility index (Phi) is 4.58. The Morgan fingerprint density at radius 1 is 1.56 bits per heavy atom. The van der Waals surface area contributed by atoms with Gasteiger partial charge in [0, 0.05) is 17.1 Å². The van der Waals surface area contributed by atoms with Crippen LogP contribution in [0.1, 0.15) is 5.56 Å². The second-order valence-electron chi connectivity index (χ2n) is 3.46. The van der Waals surface area contributed by atoms with Crippen LogP contribution in [0.5, 0.6) is 5.75 Å². The Hall–Kier alpha value is -0.780. The van der Waals surface area contributed by atoms with Gasteiger partial charge in [-0.15, -0.1) is 0 Å². The monoisotopic (exact) mass is 307 g/mol. The maximum absolute atomic E-state index is 10.5. The Morgan fingerprint density at radius 2 is 2.19 bits per heavy atom. The second-order valence-corrected chi connectivity index (χ2v) is 4.75. The molecule has 88 valence electrons. The highest BCUT2D eigenvalue weighted by Crippen LogP contribution is 2.31. The van der Waals surface area contributed by atoms with E-state index in [2.05, 4.69) is 15.9 Å². The summed E-state index contributed by atoms with van der Waals surface area (Å²) in [6.07, 6.45) is 0. The van der Waals surface area contributed by atoms with Crippen molar-refractivity contribution in [1.29, 1.82) is 0 Å². The Bertz CT molecular complexity index is 411. The van der Waals surface area contributed by atoms with E-state index in [1.165, 1.54) is 0 Å². The van der Waals surface area contributed by atoms with Crippen LogP contribution < -0.4 is 0 Å². The number of rotatable bonds is 4. The van der Waals surface area contributed by atoms with Gasteiger partial charge >= 0.3 is 5.97 Å². The van der Waals surface area contributed by atoms with E-state index in [4.69, 9.17) is 16.7 Å². The summed E-state index contributed by atoms with van der Waals surface area (Å²) < 4.78 is 0.499. The van der Waals surface area contributed by atoms with Crippen molar-refractivity contribution >= 4 is 33.5 Å². The van der Waals surface area contributed by atoms with Crippen LogP contribution in [0.4, 0.5) is 0 Å². The smallest absolute Gasteiger partial charge is 0.317 e. The van der Waals surface area contributed by atoms with Crippen molar-refractivity contribution in [3.05, 3.63) is 27.2 Å². The third-order valence-electron chi connectivity index (χ3n) is 1.95. The average Bonchev–Trinajstić information content (AvgIpc) is 2.11. The van der Waals surface area contributed by atoms with Crippen LogP contribution in [-0.4, -0.2) is 34.7 Å². The molecule has 0 bridgehead atoms. The van der Waals surface area contributed by atoms with Crippen LogP contribution in [0.2, 0.25) is 5.02 Å². The summed E-state index contributed by atoms with van der Waals surface area (Å²) >= 11 is 9.00. The molecule has 4 nitrogen and oxygen atoms in total. The molecule has 0 spiro atoms. The minimum atomic E-state index is -0.914. The van der Waals surface area contributed by atoms with Gasteiger partial charge in [-0.25, -0.2) is 0 Å². The average molecular weight is 309 g/mol. The van der Waals surface area contributed by atoms with Gasteiger partial charge in [-0.05, 0) is 35.1 Å². The van der Waals surface area contributed by atoms with Gasteiger partial charge < -0.3 is 10.2 Å². The van der Waals surface area contributed by atoms with Gasteiger partial charge in [0.1, 0.15) is 5.75 Å². The fraction of sp³-hybridized carbons (Fsp3) is 0.300. The molecule has 1 aromatic rings. The third-order valence-corrected chi connectivity index (χ3v) is 2.78. The predicted molar refractivity (Wildman–Crippen MR) is 64.8 cm³/mol. The number of hydrogen-bond donors (Lipinski definition) is 2. The normalized spacial score (nSPS) is 10.8. The largest absolute Gasteiger partial charge is 0.506 e. The molecule has 0 unspecified atom stereocenters. The molecule has 0 saturated heterocycles. The van der Waals surface area contributed by atoms with Crippen molar-refractivity contribution in [1.82, 2.24) is 4.90 Å². The van der Waals surface area contributed by atoms with Gasteiger partial charge in [-0.1, -0.05) is 11.6 Å². The van der Waals surface area contributed by atoms with Crippen molar-refractivity contribution in [3.63, 3.8) is 0 Å². The number of phenols is 1. The molecule has 16 heavy (non-hydrogen) atoms. The van der Waals surface area contributed by atoms with Crippen LogP contribution in [-0.2, 0) is 11.3 Å². The molecule has 6 heteroatoms. The van der Waals surface area contributed by atoms with E-state index in [9.17, 15) is 9.90 Å². The van der Waals surface area contributed by atoms with E-state index in [0.29, 0.717) is 21.6 Å².